The Labute approximate surface area is 139 Å². The molecule has 1 aromatic heterocycles. The van der Waals surface area contributed by atoms with E-state index in [4.69, 9.17) is 4.74 Å². The first-order chi connectivity index (χ1) is 11.3. The zero-order valence-corrected chi connectivity index (χ0v) is 13.7. The first-order valence-corrected chi connectivity index (χ1v) is 7.60. The van der Waals surface area contributed by atoms with Crippen molar-refractivity contribution in [3.05, 3.63) is 63.8 Å². The Morgan fingerprint density at radius 3 is 2.75 bits per heavy atom. The quantitative estimate of drug-likeness (QED) is 0.674. The number of fused-ring (bicyclic) bond motifs is 1. The molecule has 1 aliphatic rings. The fourth-order valence-corrected chi connectivity index (χ4v) is 3.04. The van der Waals surface area contributed by atoms with Gasteiger partial charge in [-0.15, -0.1) is 0 Å². The Kier molecular flexibility index (Phi) is 3.88. The number of hydrogen-bond acceptors (Lipinski definition) is 5. The summed E-state index contributed by atoms with van der Waals surface area (Å²) in [5.41, 5.74) is 0.344. The first kappa shape index (κ1) is 16.2. The average molecular weight is 329 g/mol. The van der Waals surface area contributed by atoms with Crippen LogP contribution in [0.4, 0.5) is 5.69 Å². The van der Waals surface area contributed by atoms with Crippen LogP contribution < -0.4 is 10.2 Å². The van der Waals surface area contributed by atoms with Crippen molar-refractivity contribution in [1.29, 1.82) is 0 Å². The summed E-state index contributed by atoms with van der Waals surface area (Å²) in [6.45, 7) is 3.59. The maximum atomic E-state index is 11.1. The summed E-state index contributed by atoms with van der Waals surface area (Å²) in [5, 5.41) is 22.0. The Morgan fingerprint density at radius 1 is 1.33 bits per heavy atom. The van der Waals surface area contributed by atoms with Gasteiger partial charge in [-0.2, -0.15) is 0 Å². The van der Waals surface area contributed by atoms with Crippen LogP contribution >= 0.6 is 0 Å². The number of non-ortho nitro benzene ring substituents is 1. The molecule has 2 heterocycles. The number of aromatic nitrogens is 1. The SMILES string of the molecule is CN=c1ccccn1[C@@H]1c2cc([N+](=O)[O-])ccc2OC(C)(C)[C@H]1O. The molecule has 1 aliphatic heterocycles. The topological polar surface area (TPSA) is 89.9 Å². The number of hydrogen-bond donors (Lipinski definition) is 1. The van der Waals surface area contributed by atoms with E-state index in [9.17, 15) is 15.2 Å². The van der Waals surface area contributed by atoms with Crippen molar-refractivity contribution in [2.45, 2.75) is 31.6 Å². The number of rotatable bonds is 2. The van der Waals surface area contributed by atoms with E-state index in [0.717, 1.165) is 0 Å². The van der Waals surface area contributed by atoms with Crippen molar-refractivity contribution in [1.82, 2.24) is 4.57 Å². The molecule has 1 aromatic carbocycles. The lowest BCUT2D eigenvalue weighted by Crippen LogP contribution is -2.52. The van der Waals surface area contributed by atoms with Crippen LogP contribution in [-0.4, -0.2) is 33.3 Å². The zero-order chi connectivity index (χ0) is 17.5. The fraction of sp³-hybridized carbons (Fsp3) is 0.353. The molecule has 7 nitrogen and oxygen atoms in total. The van der Waals surface area contributed by atoms with Gasteiger partial charge in [-0.25, -0.2) is 0 Å². The highest BCUT2D eigenvalue weighted by molar-refractivity contribution is 5.48. The van der Waals surface area contributed by atoms with Gasteiger partial charge in [0.25, 0.3) is 5.69 Å². The third kappa shape index (κ3) is 2.56. The Hall–Kier alpha value is -2.67. The number of pyridine rings is 1. The highest BCUT2D eigenvalue weighted by Gasteiger charge is 2.44. The third-order valence-electron chi connectivity index (χ3n) is 4.30. The molecule has 1 N–H and O–H groups in total. The van der Waals surface area contributed by atoms with Crippen molar-refractivity contribution in [2.75, 3.05) is 7.05 Å². The number of ether oxygens (including phenoxy) is 1. The smallest absolute Gasteiger partial charge is 0.270 e. The number of nitro groups is 1. The molecule has 0 bridgehead atoms. The van der Waals surface area contributed by atoms with Gasteiger partial charge in [0.1, 0.15) is 22.9 Å². The van der Waals surface area contributed by atoms with Gasteiger partial charge in [-0.05, 0) is 32.0 Å². The van der Waals surface area contributed by atoms with E-state index < -0.39 is 22.7 Å². The molecular weight excluding hydrogens is 310 g/mol. The van der Waals surface area contributed by atoms with E-state index in [-0.39, 0.29) is 5.69 Å². The predicted molar refractivity (Wildman–Crippen MR) is 87.9 cm³/mol. The van der Waals surface area contributed by atoms with Gasteiger partial charge in [0.15, 0.2) is 0 Å². The monoisotopic (exact) mass is 329 g/mol. The van der Waals surface area contributed by atoms with Gasteiger partial charge in [0, 0.05) is 30.9 Å². The third-order valence-corrected chi connectivity index (χ3v) is 4.30. The van der Waals surface area contributed by atoms with Crippen LogP contribution in [0.5, 0.6) is 5.75 Å². The van der Waals surface area contributed by atoms with E-state index >= 15 is 0 Å². The molecule has 3 rings (SSSR count). The molecule has 0 radical (unpaired) electrons. The maximum Gasteiger partial charge on any atom is 0.270 e. The summed E-state index contributed by atoms with van der Waals surface area (Å²) in [4.78, 5) is 14.9. The molecule has 0 spiro atoms. The molecule has 2 aromatic rings. The number of nitro benzene ring substituents is 1. The summed E-state index contributed by atoms with van der Waals surface area (Å²) in [6.07, 6.45) is 0.903. The van der Waals surface area contributed by atoms with E-state index in [0.29, 0.717) is 16.8 Å². The minimum Gasteiger partial charge on any atom is -0.485 e. The molecule has 2 atom stereocenters. The van der Waals surface area contributed by atoms with Crippen molar-refractivity contribution in [2.24, 2.45) is 4.99 Å². The van der Waals surface area contributed by atoms with Crippen LogP contribution in [0.3, 0.4) is 0 Å². The molecule has 24 heavy (non-hydrogen) atoms. The second-order valence-corrected chi connectivity index (χ2v) is 6.26. The lowest BCUT2D eigenvalue weighted by atomic mass is 9.86. The molecule has 0 fully saturated rings. The number of nitrogens with zero attached hydrogens (tertiary/aromatic N) is 3. The van der Waals surface area contributed by atoms with Crippen LogP contribution in [0, 0.1) is 10.1 Å². The Morgan fingerprint density at radius 2 is 2.08 bits per heavy atom. The fourth-order valence-electron chi connectivity index (χ4n) is 3.04. The first-order valence-electron chi connectivity index (χ1n) is 7.60. The second-order valence-electron chi connectivity index (χ2n) is 6.26. The standard InChI is InChI=1S/C17H19N3O4/c1-17(2)16(21)15(19-9-5-4-6-14(19)18-3)12-10-11(20(22)23)7-8-13(12)24-17/h4-10,15-16,21H,1-3H3/t15-,16+/m1/s1. The predicted octanol–water partition coefficient (Wildman–Crippen LogP) is 2.05. The van der Waals surface area contributed by atoms with Crippen LogP contribution in [-0.2, 0) is 0 Å². The molecule has 0 aliphatic carbocycles. The van der Waals surface area contributed by atoms with Gasteiger partial charge in [0.05, 0.1) is 11.0 Å². The van der Waals surface area contributed by atoms with E-state index in [2.05, 4.69) is 4.99 Å². The van der Waals surface area contributed by atoms with Gasteiger partial charge in [-0.1, -0.05) is 6.07 Å². The molecule has 0 amide bonds. The van der Waals surface area contributed by atoms with E-state index in [1.165, 1.54) is 12.1 Å². The minimum atomic E-state index is -0.903. The maximum absolute atomic E-state index is 11.1. The normalized spacial score (nSPS) is 22.6. The molecular formula is C17H19N3O4. The number of benzene rings is 1. The van der Waals surface area contributed by atoms with Crippen molar-refractivity contribution < 1.29 is 14.8 Å². The summed E-state index contributed by atoms with van der Waals surface area (Å²) in [7, 11) is 1.66. The molecule has 0 saturated carbocycles. The largest absolute Gasteiger partial charge is 0.485 e. The van der Waals surface area contributed by atoms with Crippen molar-refractivity contribution >= 4 is 5.69 Å². The molecule has 126 valence electrons. The minimum absolute atomic E-state index is 0.0409. The zero-order valence-electron chi connectivity index (χ0n) is 13.7. The number of aliphatic hydroxyl groups is 1. The van der Waals surface area contributed by atoms with E-state index in [1.807, 2.05) is 22.8 Å². The van der Waals surface area contributed by atoms with Gasteiger partial charge in [-0.3, -0.25) is 15.1 Å². The average Bonchev–Trinajstić information content (AvgIpc) is 2.55. The molecule has 0 unspecified atom stereocenters. The highest BCUT2D eigenvalue weighted by atomic mass is 16.6. The van der Waals surface area contributed by atoms with E-state index in [1.54, 1.807) is 33.2 Å². The van der Waals surface area contributed by atoms with Crippen LogP contribution in [0.25, 0.3) is 0 Å². The van der Waals surface area contributed by atoms with Gasteiger partial charge >= 0.3 is 0 Å². The van der Waals surface area contributed by atoms with Gasteiger partial charge in [0.2, 0.25) is 0 Å². The second kappa shape index (κ2) is 5.76. The van der Waals surface area contributed by atoms with Crippen molar-refractivity contribution in [3.63, 3.8) is 0 Å². The Balaban J connectivity index is 2.28. The van der Waals surface area contributed by atoms with Gasteiger partial charge < -0.3 is 14.4 Å². The summed E-state index contributed by atoms with van der Waals surface area (Å²) >= 11 is 0. The Bertz CT molecular complexity index is 857. The summed E-state index contributed by atoms with van der Waals surface area (Å²) < 4.78 is 7.69. The summed E-state index contributed by atoms with van der Waals surface area (Å²) in [5.74, 6) is 0.527. The van der Waals surface area contributed by atoms with Crippen LogP contribution in [0.2, 0.25) is 0 Å². The van der Waals surface area contributed by atoms with Crippen LogP contribution in [0.15, 0.2) is 47.6 Å². The molecule has 0 saturated heterocycles. The highest BCUT2D eigenvalue weighted by Crippen LogP contribution is 2.42. The van der Waals surface area contributed by atoms with Crippen molar-refractivity contribution in [3.8, 4) is 5.75 Å². The lowest BCUT2D eigenvalue weighted by Gasteiger charge is -2.42. The summed E-state index contributed by atoms with van der Waals surface area (Å²) in [6, 6.07) is 9.42. The molecule has 7 heteroatoms. The lowest BCUT2D eigenvalue weighted by molar-refractivity contribution is -0.385. The number of aliphatic hydroxyl groups excluding tert-OH is 1. The van der Waals surface area contributed by atoms with Crippen LogP contribution in [0.1, 0.15) is 25.5 Å².